The van der Waals surface area contributed by atoms with E-state index in [2.05, 4.69) is 43.1 Å². The van der Waals surface area contributed by atoms with Crippen molar-refractivity contribution in [1.29, 1.82) is 0 Å². The minimum atomic E-state index is -0.0433. The number of benzene rings is 1. The molecule has 5 nitrogen and oxygen atoms in total. The van der Waals surface area contributed by atoms with Gasteiger partial charge in [0.25, 0.3) is 0 Å². The van der Waals surface area contributed by atoms with Crippen LogP contribution in [-0.2, 0) is 0 Å². The highest BCUT2D eigenvalue weighted by atomic mass is 35.5. The molecule has 0 aliphatic carbocycles. The molecule has 0 aromatic heterocycles. The largest absolute Gasteiger partial charge is 0.321 e. The standard InChI is InChI=1S/C17H27ClN4O/c1-13-11-21(12-14(2)22(13)10-9-20(3)4)17(23)19-16-7-5-15(18)6-8-16/h5-8,13-14H,9-12H2,1-4H3,(H,19,23). The zero-order chi connectivity index (χ0) is 17.0. The van der Waals surface area contributed by atoms with E-state index >= 15 is 0 Å². The van der Waals surface area contributed by atoms with Gasteiger partial charge in [0.1, 0.15) is 0 Å². The Morgan fingerprint density at radius 2 is 1.78 bits per heavy atom. The van der Waals surface area contributed by atoms with Crippen LogP contribution in [0.3, 0.4) is 0 Å². The molecule has 6 heteroatoms. The number of urea groups is 1. The Morgan fingerprint density at radius 3 is 2.30 bits per heavy atom. The number of amides is 2. The highest BCUT2D eigenvalue weighted by Crippen LogP contribution is 2.18. The van der Waals surface area contributed by atoms with E-state index < -0.39 is 0 Å². The van der Waals surface area contributed by atoms with Crippen LogP contribution in [-0.4, -0.2) is 73.1 Å². The number of anilines is 1. The number of halogens is 1. The molecule has 1 heterocycles. The van der Waals surface area contributed by atoms with Crippen LogP contribution in [0.25, 0.3) is 0 Å². The highest BCUT2D eigenvalue weighted by molar-refractivity contribution is 6.30. The van der Waals surface area contributed by atoms with Gasteiger partial charge in [-0.3, -0.25) is 4.90 Å². The second-order valence-corrected chi connectivity index (χ2v) is 7.02. The predicted octanol–water partition coefficient (Wildman–Crippen LogP) is 2.83. The molecule has 1 aromatic rings. The van der Waals surface area contributed by atoms with Crippen molar-refractivity contribution in [2.75, 3.05) is 45.6 Å². The van der Waals surface area contributed by atoms with Crippen molar-refractivity contribution in [2.24, 2.45) is 0 Å². The Bertz CT molecular complexity index is 508. The molecule has 1 fully saturated rings. The quantitative estimate of drug-likeness (QED) is 0.917. The van der Waals surface area contributed by atoms with Crippen LogP contribution in [0.4, 0.5) is 10.5 Å². The SMILES string of the molecule is CC1CN(C(=O)Nc2ccc(Cl)cc2)CC(C)N1CCN(C)C. The second-order valence-electron chi connectivity index (χ2n) is 6.58. The van der Waals surface area contributed by atoms with Crippen LogP contribution < -0.4 is 5.32 Å². The molecule has 23 heavy (non-hydrogen) atoms. The van der Waals surface area contributed by atoms with Crippen LogP contribution in [0, 0.1) is 0 Å². The normalized spacial score (nSPS) is 22.4. The van der Waals surface area contributed by atoms with Crippen molar-refractivity contribution in [3.63, 3.8) is 0 Å². The highest BCUT2D eigenvalue weighted by Gasteiger charge is 2.31. The molecule has 1 saturated heterocycles. The van der Waals surface area contributed by atoms with Gasteiger partial charge in [0.05, 0.1) is 0 Å². The van der Waals surface area contributed by atoms with Crippen LogP contribution in [0.5, 0.6) is 0 Å². The van der Waals surface area contributed by atoms with Crippen LogP contribution in [0.15, 0.2) is 24.3 Å². The first kappa shape index (κ1) is 18.0. The first-order chi connectivity index (χ1) is 10.9. The summed E-state index contributed by atoms with van der Waals surface area (Å²) in [5, 5.41) is 3.61. The minimum Gasteiger partial charge on any atom is -0.321 e. The van der Waals surface area contributed by atoms with E-state index in [4.69, 9.17) is 11.6 Å². The number of piperazine rings is 1. The van der Waals surface area contributed by atoms with Crippen molar-refractivity contribution in [3.8, 4) is 0 Å². The number of nitrogens with zero attached hydrogens (tertiary/aromatic N) is 3. The van der Waals surface area contributed by atoms with Crippen LogP contribution >= 0.6 is 11.6 Å². The summed E-state index contributed by atoms with van der Waals surface area (Å²) < 4.78 is 0. The average molecular weight is 339 g/mol. The van der Waals surface area contributed by atoms with Gasteiger partial charge < -0.3 is 15.1 Å². The van der Waals surface area contributed by atoms with Gasteiger partial charge in [0, 0.05) is 49.0 Å². The third-order valence-electron chi connectivity index (χ3n) is 4.29. The van der Waals surface area contributed by atoms with E-state index in [1.54, 1.807) is 12.1 Å². The van der Waals surface area contributed by atoms with E-state index in [-0.39, 0.29) is 6.03 Å². The van der Waals surface area contributed by atoms with Crippen molar-refractivity contribution >= 4 is 23.3 Å². The summed E-state index contributed by atoms with van der Waals surface area (Å²) in [4.78, 5) is 19.0. The number of nitrogens with one attached hydrogen (secondary N) is 1. The Morgan fingerprint density at radius 1 is 1.22 bits per heavy atom. The monoisotopic (exact) mass is 338 g/mol. The lowest BCUT2D eigenvalue weighted by Crippen LogP contribution is -2.59. The van der Waals surface area contributed by atoms with Crippen molar-refractivity contribution in [3.05, 3.63) is 29.3 Å². The average Bonchev–Trinajstić information content (AvgIpc) is 2.48. The summed E-state index contributed by atoms with van der Waals surface area (Å²) in [6, 6.07) is 7.87. The molecule has 1 aliphatic heterocycles. The lowest BCUT2D eigenvalue weighted by molar-refractivity contribution is 0.0540. The Labute approximate surface area is 144 Å². The molecule has 0 bridgehead atoms. The third kappa shape index (κ3) is 5.09. The zero-order valence-electron chi connectivity index (χ0n) is 14.4. The fraction of sp³-hybridized carbons (Fsp3) is 0.588. The molecule has 0 radical (unpaired) electrons. The summed E-state index contributed by atoms with van der Waals surface area (Å²) in [6.07, 6.45) is 0. The molecule has 0 spiro atoms. The second kappa shape index (κ2) is 7.99. The Hall–Kier alpha value is -1.30. The molecular formula is C17H27ClN4O. The van der Waals surface area contributed by atoms with Gasteiger partial charge in [-0.1, -0.05) is 11.6 Å². The summed E-state index contributed by atoms with van der Waals surface area (Å²) in [5.41, 5.74) is 0.773. The maximum Gasteiger partial charge on any atom is 0.321 e. The predicted molar refractivity (Wildman–Crippen MR) is 96.2 cm³/mol. The van der Waals surface area contributed by atoms with Crippen molar-refractivity contribution in [1.82, 2.24) is 14.7 Å². The number of carbonyl (C=O) groups excluding carboxylic acids is 1. The van der Waals surface area contributed by atoms with E-state index in [1.165, 1.54) is 0 Å². The van der Waals surface area contributed by atoms with Gasteiger partial charge >= 0.3 is 6.03 Å². The lowest BCUT2D eigenvalue weighted by atomic mass is 10.1. The molecule has 1 aromatic carbocycles. The maximum atomic E-state index is 12.5. The topological polar surface area (TPSA) is 38.8 Å². The Balaban J connectivity index is 1.92. The summed E-state index contributed by atoms with van der Waals surface area (Å²) in [6.45, 7) is 7.93. The molecule has 1 N–H and O–H groups in total. The number of hydrogen-bond donors (Lipinski definition) is 1. The first-order valence-electron chi connectivity index (χ1n) is 8.09. The summed E-state index contributed by atoms with van der Waals surface area (Å²) >= 11 is 5.87. The van der Waals surface area contributed by atoms with Crippen molar-refractivity contribution < 1.29 is 4.79 Å². The maximum absolute atomic E-state index is 12.5. The fourth-order valence-electron chi connectivity index (χ4n) is 3.01. The van der Waals surface area contributed by atoms with Gasteiger partial charge in [-0.2, -0.15) is 0 Å². The van der Waals surface area contributed by atoms with Gasteiger partial charge in [-0.05, 0) is 52.2 Å². The van der Waals surface area contributed by atoms with E-state index in [0.717, 1.165) is 31.9 Å². The van der Waals surface area contributed by atoms with E-state index in [1.807, 2.05) is 17.0 Å². The smallest absolute Gasteiger partial charge is 0.321 e. The molecule has 2 amide bonds. The molecule has 1 aliphatic rings. The minimum absolute atomic E-state index is 0.0433. The molecule has 2 unspecified atom stereocenters. The van der Waals surface area contributed by atoms with Crippen LogP contribution in [0.2, 0.25) is 5.02 Å². The molecule has 2 atom stereocenters. The van der Waals surface area contributed by atoms with E-state index in [9.17, 15) is 4.79 Å². The Kier molecular flexibility index (Phi) is 6.27. The number of hydrogen-bond acceptors (Lipinski definition) is 3. The van der Waals surface area contributed by atoms with Gasteiger partial charge in [0.15, 0.2) is 0 Å². The summed E-state index contributed by atoms with van der Waals surface area (Å²) in [5.74, 6) is 0. The zero-order valence-corrected chi connectivity index (χ0v) is 15.2. The number of carbonyl (C=O) groups is 1. The number of rotatable bonds is 4. The number of likely N-dealkylation sites (N-methyl/N-ethyl adjacent to an activating group) is 1. The van der Waals surface area contributed by atoms with Crippen molar-refractivity contribution in [2.45, 2.75) is 25.9 Å². The van der Waals surface area contributed by atoms with Gasteiger partial charge in [-0.25, -0.2) is 4.79 Å². The third-order valence-corrected chi connectivity index (χ3v) is 4.54. The summed E-state index contributed by atoms with van der Waals surface area (Å²) in [7, 11) is 4.18. The van der Waals surface area contributed by atoms with Crippen LogP contribution in [0.1, 0.15) is 13.8 Å². The van der Waals surface area contributed by atoms with Gasteiger partial charge in [-0.15, -0.1) is 0 Å². The lowest BCUT2D eigenvalue weighted by Gasteiger charge is -2.44. The first-order valence-corrected chi connectivity index (χ1v) is 8.46. The molecule has 0 saturated carbocycles. The van der Waals surface area contributed by atoms with Gasteiger partial charge in [0.2, 0.25) is 0 Å². The molecule has 128 valence electrons. The molecule has 2 rings (SSSR count). The van der Waals surface area contributed by atoms with E-state index in [0.29, 0.717) is 17.1 Å². The fourth-order valence-corrected chi connectivity index (χ4v) is 3.14. The molecular weight excluding hydrogens is 312 g/mol.